The van der Waals surface area contributed by atoms with Crippen molar-refractivity contribution in [1.29, 1.82) is 0 Å². The molecular weight excluding hydrogens is 514 g/mol. The molecule has 1 N–H and O–H groups in total. The first-order chi connectivity index (χ1) is 14.6. The van der Waals surface area contributed by atoms with Crippen molar-refractivity contribution in [2.75, 3.05) is 11.9 Å². The van der Waals surface area contributed by atoms with E-state index in [1.165, 1.54) is 30.3 Å². The van der Waals surface area contributed by atoms with Gasteiger partial charge in [-0.05, 0) is 54.1 Å². The van der Waals surface area contributed by atoms with Crippen LogP contribution in [-0.2, 0) is 21.4 Å². The van der Waals surface area contributed by atoms with Crippen LogP contribution >= 0.6 is 27.5 Å². The summed E-state index contributed by atoms with van der Waals surface area (Å²) in [5.41, 5.74) is 0.665. The van der Waals surface area contributed by atoms with Crippen molar-refractivity contribution in [1.82, 2.24) is 4.31 Å². The van der Waals surface area contributed by atoms with Crippen molar-refractivity contribution in [2.45, 2.75) is 11.4 Å². The largest absolute Gasteiger partial charge is 0.325 e. The number of carbonyl (C=O) groups is 1. The molecule has 0 saturated heterocycles. The van der Waals surface area contributed by atoms with Gasteiger partial charge in [0.1, 0.15) is 0 Å². The Labute approximate surface area is 191 Å². The van der Waals surface area contributed by atoms with Crippen LogP contribution in [0, 0.1) is 11.6 Å². The lowest BCUT2D eigenvalue weighted by Gasteiger charge is -2.22. The Kier molecular flexibility index (Phi) is 7.42. The van der Waals surface area contributed by atoms with Crippen LogP contribution < -0.4 is 5.32 Å². The third-order valence-electron chi connectivity index (χ3n) is 4.25. The van der Waals surface area contributed by atoms with E-state index in [2.05, 4.69) is 21.2 Å². The van der Waals surface area contributed by atoms with E-state index in [1.54, 1.807) is 24.3 Å². The summed E-state index contributed by atoms with van der Waals surface area (Å²) < 4.78 is 54.7. The maximum absolute atomic E-state index is 13.4. The first kappa shape index (κ1) is 23.3. The summed E-state index contributed by atoms with van der Waals surface area (Å²) in [5.74, 6) is -2.89. The van der Waals surface area contributed by atoms with E-state index in [1.807, 2.05) is 0 Å². The topological polar surface area (TPSA) is 66.5 Å². The fourth-order valence-corrected chi connectivity index (χ4v) is 4.48. The Balaban J connectivity index is 1.87. The molecule has 31 heavy (non-hydrogen) atoms. The van der Waals surface area contributed by atoms with E-state index in [0.717, 1.165) is 20.9 Å². The number of hydrogen-bond acceptors (Lipinski definition) is 3. The van der Waals surface area contributed by atoms with Crippen LogP contribution in [0.4, 0.5) is 14.5 Å². The molecule has 3 aromatic rings. The van der Waals surface area contributed by atoms with Gasteiger partial charge in [-0.3, -0.25) is 4.79 Å². The number of sulfonamides is 1. The van der Waals surface area contributed by atoms with Crippen LogP contribution in [0.25, 0.3) is 0 Å². The van der Waals surface area contributed by atoms with Crippen LogP contribution in [0.15, 0.2) is 76.1 Å². The van der Waals surface area contributed by atoms with Gasteiger partial charge in [-0.25, -0.2) is 17.2 Å². The zero-order chi connectivity index (χ0) is 22.6. The van der Waals surface area contributed by atoms with Crippen molar-refractivity contribution in [3.63, 3.8) is 0 Å². The molecule has 0 heterocycles. The molecule has 0 aliphatic heterocycles. The van der Waals surface area contributed by atoms with Gasteiger partial charge >= 0.3 is 0 Å². The van der Waals surface area contributed by atoms with Crippen LogP contribution in [0.3, 0.4) is 0 Å². The molecule has 10 heteroatoms. The number of halogens is 4. The average Bonchev–Trinajstić information content (AvgIpc) is 2.72. The number of hydrogen-bond donors (Lipinski definition) is 1. The van der Waals surface area contributed by atoms with Gasteiger partial charge in [0.2, 0.25) is 15.9 Å². The van der Waals surface area contributed by atoms with E-state index in [4.69, 9.17) is 11.6 Å². The predicted molar refractivity (Wildman–Crippen MR) is 118 cm³/mol. The molecular formula is C21H16BrClF2N2O3S. The number of amides is 1. The Bertz CT molecular complexity index is 1190. The van der Waals surface area contributed by atoms with E-state index < -0.39 is 34.1 Å². The molecule has 0 atom stereocenters. The minimum Gasteiger partial charge on any atom is -0.325 e. The smallest absolute Gasteiger partial charge is 0.243 e. The lowest BCUT2D eigenvalue weighted by molar-refractivity contribution is -0.116. The number of carbonyl (C=O) groups excluding carboxylic acids is 1. The van der Waals surface area contributed by atoms with E-state index in [9.17, 15) is 22.0 Å². The lowest BCUT2D eigenvalue weighted by atomic mass is 10.2. The standard InChI is InChI=1S/C21H16BrClF2N2O3S/c22-15-3-1-14(2-4-15)12-27(31(29,30)18-8-5-16(23)6-9-18)13-21(28)26-17-7-10-19(24)20(25)11-17/h1-11H,12-13H2,(H,26,28). The van der Waals surface area contributed by atoms with Gasteiger partial charge < -0.3 is 5.32 Å². The summed E-state index contributed by atoms with van der Waals surface area (Å²) >= 11 is 9.17. The Hall–Kier alpha value is -2.33. The number of anilines is 1. The third-order valence-corrected chi connectivity index (χ3v) is 6.83. The van der Waals surface area contributed by atoms with Crippen LogP contribution in [0.1, 0.15) is 5.56 Å². The van der Waals surface area contributed by atoms with Gasteiger partial charge in [0.25, 0.3) is 0 Å². The van der Waals surface area contributed by atoms with Gasteiger partial charge in [-0.2, -0.15) is 4.31 Å². The summed E-state index contributed by atoms with van der Waals surface area (Å²) in [6, 6.07) is 15.4. The molecule has 0 radical (unpaired) electrons. The third kappa shape index (κ3) is 6.10. The van der Waals surface area contributed by atoms with E-state index in [0.29, 0.717) is 10.6 Å². The van der Waals surface area contributed by atoms with Gasteiger partial charge in [0.15, 0.2) is 11.6 Å². The fraction of sp³-hybridized carbons (Fsp3) is 0.0952. The maximum atomic E-state index is 13.4. The summed E-state index contributed by atoms with van der Waals surface area (Å²) in [4.78, 5) is 12.5. The number of rotatable bonds is 7. The average molecular weight is 530 g/mol. The van der Waals surface area contributed by atoms with Gasteiger partial charge in [-0.1, -0.05) is 39.7 Å². The van der Waals surface area contributed by atoms with Crippen LogP contribution in [0.5, 0.6) is 0 Å². The second-order valence-electron chi connectivity index (χ2n) is 6.53. The highest BCUT2D eigenvalue weighted by Gasteiger charge is 2.27. The Morgan fingerprint density at radius 2 is 1.61 bits per heavy atom. The van der Waals surface area contributed by atoms with E-state index in [-0.39, 0.29) is 17.1 Å². The van der Waals surface area contributed by atoms with Gasteiger partial charge in [0, 0.05) is 27.8 Å². The highest BCUT2D eigenvalue weighted by atomic mass is 79.9. The quantitative estimate of drug-likeness (QED) is 0.457. The van der Waals surface area contributed by atoms with Crippen molar-refractivity contribution in [2.24, 2.45) is 0 Å². The van der Waals surface area contributed by atoms with Crippen molar-refractivity contribution in [3.05, 3.63) is 93.4 Å². The lowest BCUT2D eigenvalue weighted by Crippen LogP contribution is -2.37. The molecule has 1 amide bonds. The molecule has 0 bridgehead atoms. The van der Waals surface area contributed by atoms with E-state index >= 15 is 0 Å². The minimum atomic E-state index is -4.06. The predicted octanol–water partition coefficient (Wildman–Crippen LogP) is 5.21. The van der Waals surface area contributed by atoms with Crippen LogP contribution in [0.2, 0.25) is 5.02 Å². The molecule has 0 aliphatic rings. The van der Waals surface area contributed by atoms with Crippen LogP contribution in [-0.4, -0.2) is 25.2 Å². The van der Waals surface area contributed by atoms with Crippen molar-refractivity contribution < 1.29 is 22.0 Å². The molecule has 3 aromatic carbocycles. The molecule has 0 saturated carbocycles. The van der Waals surface area contributed by atoms with Crippen molar-refractivity contribution in [3.8, 4) is 0 Å². The highest BCUT2D eigenvalue weighted by molar-refractivity contribution is 9.10. The SMILES string of the molecule is O=C(CN(Cc1ccc(Br)cc1)S(=O)(=O)c1ccc(Cl)cc1)Nc1ccc(F)c(F)c1. The minimum absolute atomic E-state index is 0.0105. The zero-order valence-corrected chi connectivity index (χ0v) is 19.0. The Morgan fingerprint density at radius 3 is 2.23 bits per heavy atom. The first-order valence-electron chi connectivity index (χ1n) is 8.90. The molecule has 0 aromatic heterocycles. The summed E-state index contributed by atoms with van der Waals surface area (Å²) in [6.45, 7) is -0.622. The van der Waals surface area contributed by atoms with Gasteiger partial charge in [0.05, 0.1) is 11.4 Å². The number of nitrogens with one attached hydrogen (secondary N) is 1. The van der Waals surface area contributed by atoms with Gasteiger partial charge in [-0.15, -0.1) is 0 Å². The summed E-state index contributed by atoms with van der Waals surface area (Å²) in [5, 5.41) is 2.76. The van der Waals surface area contributed by atoms with Crippen molar-refractivity contribution >= 4 is 49.1 Å². The second kappa shape index (κ2) is 9.86. The fourth-order valence-electron chi connectivity index (χ4n) is 2.71. The molecule has 162 valence electrons. The Morgan fingerprint density at radius 1 is 0.968 bits per heavy atom. The number of benzene rings is 3. The molecule has 0 fully saturated rings. The zero-order valence-electron chi connectivity index (χ0n) is 15.9. The molecule has 0 unspecified atom stereocenters. The molecule has 0 aliphatic carbocycles. The maximum Gasteiger partial charge on any atom is 0.243 e. The highest BCUT2D eigenvalue weighted by Crippen LogP contribution is 2.22. The summed E-state index contributed by atoms with van der Waals surface area (Å²) in [6.07, 6.45) is 0. The normalized spacial score (nSPS) is 11.5. The first-order valence-corrected chi connectivity index (χ1v) is 11.5. The second-order valence-corrected chi connectivity index (χ2v) is 9.82. The number of nitrogens with zero attached hydrogens (tertiary/aromatic N) is 1. The molecule has 5 nitrogen and oxygen atoms in total. The molecule has 0 spiro atoms. The summed E-state index contributed by atoms with van der Waals surface area (Å²) in [7, 11) is -4.06. The monoisotopic (exact) mass is 528 g/mol. The molecule has 3 rings (SSSR count).